The van der Waals surface area contributed by atoms with Crippen LogP contribution in [0.5, 0.6) is 0 Å². The van der Waals surface area contributed by atoms with E-state index >= 15 is 0 Å². The van der Waals surface area contributed by atoms with Crippen LogP contribution in [0.25, 0.3) is 0 Å². The molecule has 1 fully saturated rings. The third-order valence-corrected chi connectivity index (χ3v) is 4.79. The monoisotopic (exact) mass is 361 g/mol. The van der Waals surface area contributed by atoms with Crippen molar-refractivity contribution in [1.82, 2.24) is 10.3 Å². The number of halogens is 1. The Kier molecular flexibility index (Phi) is 5.01. The number of hydrogen-bond acceptors (Lipinski definition) is 4. The summed E-state index contributed by atoms with van der Waals surface area (Å²) in [5, 5.41) is 17.2. The number of nitrogens with one attached hydrogen (secondary N) is 1. The molecule has 0 spiro atoms. The summed E-state index contributed by atoms with van der Waals surface area (Å²) in [7, 11) is 0. The topological polar surface area (TPSA) is 99.1 Å². The van der Waals surface area contributed by atoms with Gasteiger partial charge in [0, 0.05) is 12.8 Å². The third-order valence-electron chi connectivity index (χ3n) is 4.79. The van der Waals surface area contributed by atoms with Crippen molar-refractivity contribution in [3.05, 3.63) is 35.6 Å². The zero-order chi connectivity index (χ0) is 18.7. The van der Waals surface area contributed by atoms with Crippen molar-refractivity contribution in [2.75, 3.05) is 0 Å². The van der Waals surface area contributed by atoms with E-state index in [0.717, 1.165) is 6.42 Å². The SMILES string of the molecule is O=C(O)CC1(NC(=O)C2=NN(Cc3ccc(F)cc3)C(=O)CC2)CCC1. The van der Waals surface area contributed by atoms with Gasteiger partial charge in [-0.3, -0.25) is 14.4 Å². The molecule has 0 bridgehead atoms. The van der Waals surface area contributed by atoms with Crippen LogP contribution in [-0.4, -0.2) is 39.1 Å². The van der Waals surface area contributed by atoms with Gasteiger partial charge in [-0.25, -0.2) is 9.40 Å². The van der Waals surface area contributed by atoms with Gasteiger partial charge in [-0.15, -0.1) is 0 Å². The summed E-state index contributed by atoms with van der Waals surface area (Å²) in [6.45, 7) is 0.149. The Morgan fingerprint density at radius 3 is 2.50 bits per heavy atom. The predicted octanol–water partition coefficient (Wildman–Crippen LogP) is 1.82. The van der Waals surface area contributed by atoms with Gasteiger partial charge in [0.1, 0.15) is 11.5 Å². The van der Waals surface area contributed by atoms with Crippen LogP contribution in [-0.2, 0) is 20.9 Å². The number of nitrogens with zero attached hydrogens (tertiary/aromatic N) is 2. The summed E-state index contributed by atoms with van der Waals surface area (Å²) in [4.78, 5) is 35.6. The molecule has 2 aliphatic rings. The second-order valence-corrected chi connectivity index (χ2v) is 6.78. The number of hydrogen-bond donors (Lipinski definition) is 2. The van der Waals surface area contributed by atoms with E-state index in [0.29, 0.717) is 18.4 Å². The van der Waals surface area contributed by atoms with Crippen molar-refractivity contribution >= 4 is 23.5 Å². The molecular weight excluding hydrogens is 341 g/mol. The maximum atomic E-state index is 13.0. The highest BCUT2D eigenvalue weighted by atomic mass is 19.1. The normalized spacial score (nSPS) is 18.7. The van der Waals surface area contributed by atoms with Gasteiger partial charge in [0.25, 0.3) is 5.91 Å². The highest BCUT2D eigenvalue weighted by Crippen LogP contribution is 2.35. The van der Waals surface area contributed by atoms with Crippen molar-refractivity contribution in [2.45, 2.75) is 50.6 Å². The van der Waals surface area contributed by atoms with Gasteiger partial charge in [0.05, 0.1) is 18.5 Å². The number of carboxylic acid groups (broad SMARTS) is 1. The molecular formula is C18H20FN3O4. The van der Waals surface area contributed by atoms with E-state index in [-0.39, 0.29) is 43.2 Å². The van der Waals surface area contributed by atoms with Gasteiger partial charge in [0.15, 0.2) is 0 Å². The number of hydrazone groups is 1. The zero-order valence-corrected chi connectivity index (χ0v) is 14.2. The molecule has 1 aliphatic heterocycles. The van der Waals surface area contributed by atoms with E-state index in [1.165, 1.54) is 17.1 Å². The lowest BCUT2D eigenvalue weighted by Crippen LogP contribution is -2.56. The second kappa shape index (κ2) is 7.23. The van der Waals surface area contributed by atoms with E-state index in [1.807, 2.05) is 0 Å². The number of amides is 2. The lowest BCUT2D eigenvalue weighted by atomic mass is 9.74. The van der Waals surface area contributed by atoms with Crippen LogP contribution in [0.15, 0.2) is 29.4 Å². The highest BCUT2D eigenvalue weighted by Gasteiger charge is 2.41. The highest BCUT2D eigenvalue weighted by molar-refractivity contribution is 6.39. The molecule has 3 rings (SSSR count). The van der Waals surface area contributed by atoms with Crippen molar-refractivity contribution < 1.29 is 23.9 Å². The summed E-state index contributed by atoms with van der Waals surface area (Å²) in [5.74, 6) is -1.97. The molecule has 1 aromatic carbocycles. The smallest absolute Gasteiger partial charge is 0.305 e. The molecule has 7 nitrogen and oxygen atoms in total. The number of carbonyl (C=O) groups excluding carboxylic acids is 2. The fourth-order valence-electron chi connectivity index (χ4n) is 3.20. The first-order valence-electron chi connectivity index (χ1n) is 8.53. The van der Waals surface area contributed by atoms with Crippen LogP contribution < -0.4 is 5.32 Å². The minimum atomic E-state index is -0.955. The van der Waals surface area contributed by atoms with E-state index < -0.39 is 17.4 Å². The van der Waals surface area contributed by atoms with E-state index in [4.69, 9.17) is 5.11 Å². The minimum absolute atomic E-state index is 0.121. The molecule has 2 amide bonds. The third kappa shape index (κ3) is 4.07. The van der Waals surface area contributed by atoms with Crippen LogP contribution >= 0.6 is 0 Å². The predicted molar refractivity (Wildman–Crippen MR) is 90.6 cm³/mol. The van der Waals surface area contributed by atoms with Gasteiger partial charge in [-0.1, -0.05) is 12.1 Å². The first-order chi connectivity index (χ1) is 12.4. The Hall–Kier alpha value is -2.77. The largest absolute Gasteiger partial charge is 0.481 e. The summed E-state index contributed by atoms with van der Waals surface area (Å²) in [6, 6.07) is 5.71. The average Bonchev–Trinajstić information content (AvgIpc) is 2.56. The van der Waals surface area contributed by atoms with Crippen molar-refractivity contribution in [3.8, 4) is 0 Å². The Labute approximate surface area is 149 Å². The Morgan fingerprint density at radius 1 is 1.23 bits per heavy atom. The first kappa shape index (κ1) is 18.0. The quantitative estimate of drug-likeness (QED) is 0.807. The van der Waals surface area contributed by atoms with Crippen LogP contribution in [0.2, 0.25) is 0 Å². The van der Waals surface area contributed by atoms with Crippen molar-refractivity contribution in [2.24, 2.45) is 5.10 Å². The molecule has 1 saturated carbocycles. The van der Waals surface area contributed by atoms with Crippen LogP contribution in [0.4, 0.5) is 4.39 Å². The summed E-state index contributed by atoms with van der Waals surface area (Å²) < 4.78 is 13.0. The Balaban J connectivity index is 1.70. The fourth-order valence-corrected chi connectivity index (χ4v) is 3.20. The Morgan fingerprint density at radius 2 is 1.92 bits per heavy atom. The molecule has 0 atom stereocenters. The van der Waals surface area contributed by atoms with E-state index in [1.54, 1.807) is 12.1 Å². The average molecular weight is 361 g/mol. The molecule has 2 N–H and O–H groups in total. The van der Waals surface area contributed by atoms with Crippen LogP contribution in [0.3, 0.4) is 0 Å². The van der Waals surface area contributed by atoms with E-state index in [2.05, 4.69) is 10.4 Å². The molecule has 0 radical (unpaired) electrons. The maximum Gasteiger partial charge on any atom is 0.305 e. The van der Waals surface area contributed by atoms with Crippen LogP contribution in [0.1, 0.15) is 44.1 Å². The minimum Gasteiger partial charge on any atom is -0.481 e. The molecule has 26 heavy (non-hydrogen) atoms. The fraction of sp³-hybridized carbons (Fsp3) is 0.444. The number of aliphatic carboxylic acids is 1. The molecule has 0 unspecified atom stereocenters. The lowest BCUT2D eigenvalue weighted by Gasteiger charge is -2.41. The van der Waals surface area contributed by atoms with Crippen LogP contribution in [0, 0.1) is 5.82 Å². The number of carboxylic acids is 1. The van der Waals surface area contributed by atoms with Gasteiger partial charge < -0.3 is 10.4 Å². The van der Waals surface area contributed by atoms with Gasteiger partial charge in [-0.05, 0) is 37.0 Å². The second-order valence-electron chi connectivity index (χ2n) is 6.78. The van der Waals surface area contributed by atoms with E-state index in [9.17, 15) is 18.8 Å². The first-order valence-corrected chi connectivity index (χ1v) is 8.53. The molecule has 0 aromatic heterocycles. The Bertz CT molecular complexity index is 756. The van der Waals surface area contributed by atoms with Gasteiger partial charge in [-0.2, -0.15) is 5.10 Å². The van der Waals surface area contributed by atoms with Crippen molar-refractivity contribution in [1.29, 1.82) is 0 Å². The lowest BCUT2D eigenvalue weighted by molar-refractivity contribution is -0.140. The summed E-state index contributed by atoms with van der Waals surface area (Å²) in [5.41, 5.74) is 0.198. The van der Waals surface area contributed by atoms with Crippen molar-refractivity contribution in [3.63, 3.8) is 0 Å². The molecule has 138 valence electrons. The number of benzene rings is 1. The summed E-state index contributed by atoms with van der Waals surface area (Å²) >= 11 is 0. The van der Waals surface area contributed by atoms with Gasteiger partial charge in [0.2, 0.25) is 5.91 Å². The standard InChI is InChI=1S/C18H20FN3O4/c19-13-4-2-12(3-5-13)11-22-15(23)7-6-14(21-22)17(26)20-18(8-1-9-18)10-16(24)25/h2-5H,1,6-11H2,(H,20,26)(H,24,25). The zero-order valence-electron chi connectivity index (χ0n) is 14.2. The van der Waals surface area contributed by atoms with Gasteiger partial charge >= 0.3 is 5.97 Å². The molecule has 8 heteroatoms. The molecule has 1 heterocycles. The molecule has 0 saturated heterocycles. The number of carbonyl (C=O) groups is 3. The number of rotatable bonds is 6. The molecule has 1 aliphatic carbocycles. The maximum absolute atomic E-state index is 13.0. The summed E-state index contributed by atoms with van der Waals surface area (Å²) in [6.07, 6.45) is 2.36. The molecule has 1 aromatic rings.